The molecule has 0 N–H and O–H groups in total. The van der Waals surface area contributed by atoms with Crippen molar-refractivity contribution in [2.24, 2.45) is 0 Å². The average Bonchev–Trinajstić information content (AvgIpc) is 2.52. The van der Waals surface area contributed by atoms with E-state index in [1.807, 2.05) is 0 Å². The molecule has 1 aromatic rings. The van der Waals surface area contributed by atoms with Crippen molar-refractivity contribution in [1.29, 1.82) is 0 Å². The molecule has 0 saturated carbocycles. The Morgan fingerprint density at radius 1 is 1.40 bits per heavy atom. The number of carbonyl (C=O) groups is 1. The van der Waals surface area contributed by atoms with Gasteiger partial charge in [-0.3, -0.25) is 0 Å². The van der Waals surface area contributed by atoms with E-state index in [-0.39, 0.29) is 5.97 Å². The van der Waals surface area contributed by atoms with Crippen LogP contribution >= 0.6 is 0 Å². The van der Waals surface area contributed by atoms with Gasteiger partial charge < -0.3 is 14.2 Å². The van der Waals surface area contributed by atoms with Gasteiger partial charge in [0.1, 0.15) is 24.9 Å². The van der Waals surface area contributed by atoms with E-state index in [9.17, 15) is 4.79 Å². The fourth-order valence-corrected chi connectivity index (χ4v) is 1.40. The van der Waals surface area contributed by atoms with E-state index >= 15 is 0 Å². The molecule has 0 aliphatic carbocycles. The highest BCUT2D eigenvalue weighted by Gasteiger charge is 2.17. The largest absolute Gasteiger partial charge is 0.493 e. The van der Waals surface area contributed by atoms with Crippen LogP contribution in [0.15, 0.2) is 30.7 Å². The van der Waals surface area contributed by atoms with Gasteiger partial charge >= 0.3 is 5.97 Å². The van der Waals surface area contributed by atoms with Crippen molar-refractivity contribution in [2.45, 2.75) is 6.61 Å². The zero-order valence-electron chi connectivity index (χ0n) is 8.23. The molecule has 0 radical (unpaired) electrons. The lowest BCUT2D eigenvalue weighted by molar-refractivity contribution is 0.0596. The Balaban J connectivity index is 2.45. The van der Waals surface area contributed by atoms with Gasteiger partial charge in [0.25, 0.3) is 0 Å². The number of hydrogen-bond acceptors (Lipinski definition) is 4. The first-order valence-electron chi connectivity index (χ1n) is 4.46. The molecule has 0 unspecified atom stereocenters. The number of ether oxygens (including phenoxy) is 3. The second-order valence-electron chi connectivity index (χ2n) is 2.97. The SMILES string of the molecule is COC(=O)c1cccc2c1COC=CO2. The molecule has 78 valence electrons. The molecule has 4 heteroatoms. The molecule has 1 aromatic carbocycles. The molecule has 1 heterocycles. The molecule has 1 aliphatic rings. The Morgan fingerprint density at radius 2 is 2.27 bits per heavy atom. The molecule has 4 nitrogen and oxygen atoms in total. The second-order valence-corrected chi connectivity index (χ2v) is 2.97. The van der Waals surface area contributed by atoms with Crippen LogP contribution in [0.2, 0.25) is 0 Å². The van der Waals surface area contributed by atoms with E-state index < -0.39 is 0 Å². The summed E-state index contributed by atoms with van der Waals surface area (Å²) in [5.41, 5.74) is 1.17. The molecule has 15 heavy (non-hydrogen) atoms. The smallest absolute Gasteiger partial charge is 0.338 e. The lowest BCUT2D eigenvalue weighted by atomic mass is 10.1. The van der Waals surface area contributed by atoms with E-state index in [1.54, 1.807) is 18.2 Å². The predicted octanol–water partition coefficient (Wildman–Crippen LogP) is 1.85. The van der Waals surface area contributed by atoms with Crippen LogP contribution in [0.5, 0.6) is 5.75 Å². The van der Waals surface area contributed by atoms with Crippen molar-refractivity contribution < 1.29 is 19.0 Å². The van der Waals surface area contributed by atoms with Crippen molar-refractivity contribution >= 4 is 5.97 Å². The van der Waals surface area contributed by atoms with Crippen molar-refractivity contribution in [1.82, 2.24) is 0 Å². The monoisotopic (exact) mass is 206 g/mol. The third-order valence-corrected chi connectivity index (χ3v) is 2.11. The van der Waals surface area contributed by atoms with E-state index in [4.69, 9.17) is 9.47 Å². The Kier molecular flexibility index (Phi) is 2.58. The van der Waals surface area contributed by atoms with E-state index in [2.05, 4.69) is 4.74 Å². The zero-order valence-corrected chi connectivity index (χ0v) is 8.23. The number of carbonyl (C=O) groups excluding carboxylic acids is 1. The molecule has 0 spiro atoms. The van der Waals surface area contributed by atoms with Crippen LogP contribution in [-0.4, -0.2) is 13.1 Å². The summed E-state index contributed by atoms with van der Waals surface area (Å²) in [6.07, 6.45) is 2.88. The highest BCUT2D eigenvalue weighted by Crippen LogP contribution is 2.26. The summed E-state index contributed by atoms with van der Waals surface area (Å²) < 4.78 is 15.1. The number of esters is 1. The number of benzene rings is 1. The lowest BCUT2D eigenvalue weighted by Gasteiger charge is -2.09. The third-order valence-electron chi connectivity index (χ3n) is 2.11. The van der Waals surface area contributed by atoms with Crippen molar-refractivity contribution in [3.8, 4) is 5.75 Å². The van der Waals surface area contributed by atoms with E-state index in [1.165, 1.54) is 19.6 Å². The average molecular weight is 206 g/mol. The van der Waals surface area contributed by atoms with E-state index in [0.29, 0.717) is 23.5 Å². The molecule has 0 atom stereocenters. The molecule has 2 rings (SSSR count). The van der Waals surface area contributed by atoms with Crippen LogP contribution in [0, 0.1) is 0 Å². The number of rotatable bonds is 1. The van der Waals surface area contributed by atoms with E-state index in [0.717, 1.165) is 0 Å². The zero-order chi connectivity index (χ0) is 10.7. The Bertz CT molecular complexity index is 409. The Hall–Kier alpha value is -1.97. The third kappa shape index (κ3) is 1.79. The maximum Gasteiger partial charge on any atom is 0.338 e. The van der Waals surface area contributed by atoms with Crippen LogP contribution in [0.3, 0.4) is 0 Å². The standard InChI is InChI=1S/C11H10O4/c1-13-11(12)8-3-2-4-10-9(8)7-14-5-6-15-10/h2-6H,7H2,1H3. The summed E-state index contributed by atoms with van der Waals surface area (Å²) >= 11 is 0. The van der Waals surface area contributed by atoms with Gasteiger partial charge in [0, 0.05) is 5.56 Å². The van der Waals surface area contributed by atoms with Gasteiger partial charge in [0.05, 0.1) is 12.7 Å². The van der Waals surface area contributed by atoms with Crippen LogP contribution in [-0.2, 0) is 16.1 Å². The normalized spacial score (nSPS) is 13.1. The summed E-state index contributed by atoms with van der Waals surface area (Å²) in [4.78, 5) is 11.4. The summed E-state index contributed by atoms with van der Waals surface area (Å²) in [6.45, 7) is 0.303. The minimum absolute atomic E-state index is 0.303. The predicted molar refractivity (Wildman–Crippen MR) is 52.3 cm³/mol. The van der Waals surface area contributed by atoms with Crippen LogP contribution in [0.4, 0.5) is 0 Å². The number of hydrogen-bond donors (Lipinski definition) is 0. The number of fused-ring (bicyclic) bond motifs is 1. The fourth-order valence-electron chi connectivity index (χ4n) is 1.40. The Labute approximate surface area is 87.1 Å². The first-order chi connectivity index (χ1) is 7.33. The highest BCUT2D eigenvalue weighted by molar-refractivity contribution is 5.91. The minimum Gasteiger partial charge on any atom is -0.493 e. The van der Waals surface area contributed by atoms with Crippen molar-refractivity contribution in [2.75, 3.05) is 7.11 Å². The van der Waals surface area contributed by atoms with Gasteiger partial charge in [-0.1, -0.05) is 6.07 Å². The molecule has 0 amide bonds. The first-order valence-corrected chi connectivity index (χ1v) is 4.46. The fraction of sp³-hybridized carbons (Fsp3) is 0.182. The number of methoxy groups -OCH3 is 1. The Morgan fingerprint density at radius 3 is 3.07 bits per heavy atom. The summed E-state index contributed by atoms with van der Waals surface area (Å²) in [7, 11) is 1.35. The van der Waals surface area contributed by atoms with Gasteiger partial charge in [-0.15, -0.1) is 0 Å². The maximum atomic E-state index is 11.4. The second kappa shape index (κ2) is 4.04. The van der Waals surface area contributed by atoms with Gasteiger partial charge in [0.2, 0.25) is 0 Å². The molecular formula is C11H10O4. The van der Waals surface area contributed by atoms with Crippen molar-refractivity contribution in [3.05, 3.63) is 41.9 Å². The molecular weight excluding hydrogens is 196 g/mol. The summed E-state index contributed by atoms with van der Waals surface area (Å²) in [5.74, 6) is 0.229. The quantitative estimate of drug-likeness (QED) is 0.658. The van der Waals surface area contributed by atoms with Crippen molar-refractivity contribution in [3.63, 3.8) is 0 Å². The first kappa shape index (κ1) is 9.58. The summed E-state index contributed by atoms with van der Waals surface area (Å²) in [6, 6.07) is 5.20. The molecule has 0 fully saturated rings. The summed E-state index contributed by atoms with van der Waals surface area (Å²) in [5, 5.41) is 0. The maximum absolute atomic E-state index is 11.4. The minimum atomic E-state index is -0.388. The van der Waals surface area contributed by atoms with Crippen LogP contribution in [0.1, 0.15) is 15.9 Å². The molecule has 0 bridgehead atoms. The van der Waals surface area contributed by atoms with Gasteiger partial charge in [-0.25, -0.2) is 4.79 Å². The van der Waals surface area contributed by atoms with Crippen LogP contribution in [0.25, 0.3) is 0 Å². The molecule has 1 aliphatic heterocycles. The topological polar surface area (TPSA) is 44.8 Å². The lowest BCUT2D eigenvalue weighted by Crippen LogP contribution is -2.06. The highest BCUT2D eigenvalue weighted by atomic mass is 16.5. The van der Waals surface area contributed by atoms with Gasteiger partial charge in [-0.2, -0.15) is 0 Å². The van der Waals surface area contributed by atoms with Gasteiger partial charge in [-0.05, 0) is 12.1 Å². The molecule has 0 saturated heterocycles. The van der Waals surface area contributed by atoms with Crippen LogP contribution < -0.4 is 4.74 Å². The molecule has 0 aromatic heterocycles. The van der Waals surface area contributed by atoms with Gasteiger partial charge in [0.15, 0.2) is 0 Å².